The molecule has 5 atom stereocenters. The van der Waals surface area contributed by atoms with Crippen molar-refractivity contribution in [1.82, 2.24) is 5.32 Å². The highest BCUT2D eigenvalue weighted by Crippen LogP contribution is 2.26. The molecule has 1 unspecified atom stereocenters. The van der Waals surface area contributed by atoms with Crippen molar-refractivity contribution in [3.05, 3.63) is 29.8 Å². The Bertz CT molecular complexity index is 652. The van der Waals surface area contributed by atoms with Gasteiger partial charge in [-0.25, -0.2) is 0 Å². The van der Waals surface area contributed by atoms with Crippen molar-refractivity contribution >= 4 is 17.5 Å². The summed E-state index contributed by atoms with van der Waals surface area (Å²) in [4.78, 5) is 25.6. The molecule has 1 aromatic rings. The molecular formula is C15H18N2O7. The van der Waals surface area contributed by atoms with Gasteiger partial charge in [-0.05, 0) is 12.1 Å². The first-order chi connectivity index (χ1) is 11.4. The van der Waals surface area contributed by atoms with Crippen LogP contribution in [0.3, 0.4) is 0 Å². The number of fused-ring (bicyclic) bond motifs is 1. The lowest BCUT2D eigenvalue weighted by Crippen LogP contribution is -2.60. The molecule has 0 spiro atoms. The van der Waals surface area contributed by atoms with Crippen molar-refractivity contribution in [3.63, 3.8) is 0 Å². The van der Waals surface area contributed by atoms with Crippen molar-refractivity contribution in [1.29, 1.82) is 0 Å². The SMILES string of the molecule is O=C1NCC(=O)N(C[C@H]2OC(O)[C@H](O)[C@@H](O)[C@@H]2O)c2ccccc21. The van der Waals surface area contributed by atoms with Gasteiger partial charge in [-0.1, -0.05) is 12.1 Å². The second-order valence-corrected chi connectivity index (χ2v) is 5.74. The van der Waals surface area contributed by atoms with E-state index in [-0.39, 0.29) is 18.7 Å². The Morgan fingerprint density at radius 2 is 1.79 bits per heavy atom. The van der Waals surface area contributed by atoms with E-state index in [4.69, 9.17) is 4.74 Å². The smallest absolute Gasteiger partial charge is 0.253 e. The number of benzene rings is 1. The number of rotatable bonds is 2. The Kier molecular flexibility index (Phi) is 4.52. The number of para-hydroxylation sites is 1. The fraction of sp³-hybridized carbons (Fsp3) is 0.467. The Morgan fingerprint density at radius 3 is 2.54 bits per heavy atom. The summed E-state index contributed by atoms with van der Waals surface area (Å²) >= 11 is 0. The molecule has 2 aliphatic rings. The second kappa shape index (κ2) is 6.46. The summed E-state index contributed by atoms with van der Waals surface area (Å²) in [6, 6.07) is 6.45. The van der Waals surface area contributed by atoms with E-state index in [9.17, 15) is 30.0 Å². The van der Waals surface area contributed by atoms with Crippen LogP contribution in [0.2, 0.25) is 0 Å². The highest BCUT2D eigenvalue weighted by molar-refractivity contribution is 6.09. The van der Waals surface area contributed by atoms with E-state index in [0.717, 1.165) is 0 Å². The van der Waals surface area contributed by atoms with Crippen LogP contribution in [0.5, 0.6) is 0 Å². The van der Waals surface area contributed by atoms with Gasteiger partial charge >= 0.3 is 0 Å². The number of amides is 2. The van der Waals surface area contributed by atoms with Crippen LogP contribution in [0.4, 0.5) is 5.69 Å². The van der Waals surface area contributed by atoms with E-state index in [2.05, 4.69) is 5.32 Å². The van der Waals surface area contributed by atoms with E-state index >= 15 is 0 Å². The molecule has 3 rings (SSSR count). The molecule has 1 saturated heterocycles. The summed E-state index contributed by atoms with van der Waals surface area (Å²) in [7, 11) is 0. The fourth-order valence-electron chi connectivity index (χ4n) is 2.84. The molecule has 0 aromatic heterocycles. The Labute approximate surface area is 137 Å². The maximum absolute atomic E-state index is 12.3. The molecule has 2 amide bonds. The number of ether oxygens (including phenoxy) is 1. The summed E-state index contributed by atoms with van der Waals surface area (Å²) in [6.45, 7) is -0.434. The zero-order chi connectivity index (χ0) is 17.4. The van der Waals surface area contributed by atoms with Crippen molar-refractivity contribution < 1.29 is 34.8 Å². The van der Waals surface area contributed by atoms with Gasteiger partial charge in [-0.15, -0.1) is 0 Å². The molecule has 9 nitrogen and oxygen atoms in total. The van der Waals surface area contributed by atoms with Crippen molar-refractivity contribution in [2.24, 2.45) is 0 Å². The lowest BCUT2D eigenvalue weighted by atomic mass is 9.98. The molecule has 1 aromatic carbocycles. The average molecular weight is 338 g/mol. The number of carbonyl (C=O) groups excluding carboxylic acids is 2. The molecule has 130 valence electrons. The fourth-order valence-corrected chi connectivity index (χ4v) is 2.84. The van der Waals surface area contributed by atoms with E-state index in [1.807, 2.05) is 0 Å². The first-order valence-electron chi connectivity index (χ1n) is 7.45. The van der Waals surface area contributed by atoms with Crippen molar-refractivity contribution in [2.75, 3.05) is 18.0 Å². The standard InChI is InChI=1S/C15H18N2O7/c18-10-5-16-14(22)7-3-1-2-4-8(7)17(10)6-9-11(19)12(20)13(21)15(23)24-9/h1-4,9,11-13,15,19-21,23H,5-6H2,(H,16,22)/t9-,11-,12+,13-,15?/m1/s1. The molecule has 5 N–H and O–H groups in total. The highest BCUT2D eigenvalue weighted by Gasteiger charge is 2.44. The number of carbonyl (C=O) groups is 2. The molecule has 1 fully saturated rings. The van der Waals surface area contributed by atoms with E-state index in [1.165, 1.54) is 4.90 Å². The third-order valence-electron chi connectivity index (χ3n) is 4.19. The summed E-state index contributed by atoms with van der Waals surface area (Å²) < 4.78 is 5.11. The predicted molar refractivity (Wildman–Crippen MR) is 80.0 cm³/mol. The van der Waals surface area contributed by atoms with Gasteiger partial charge in [0.05, 0.1) is 24.3 Å². The zero-order valence-electron chi connectivity index (χ0n) is 12.6. The quantitative estimate of drug-likeness (QED) is 0.404. The maximum Gasteiger partial charge on any atom is 0.253 e. The number of aliphatic hydroxyl groups is 4. The third-order valence-corrected chi connectivity index (χ3v) is 4.19. The number of aliphatic hydroxyl groups excluding tert-OH is 4. The van der Waals surface area contributed by atoms with Crippen LogP contribution in [0.1, 0.15) is 10.4 Å². The minimum Gasteiger partial charge on any atom is -0.388 e. The summed E-state index contributed by atoms with van der Waals surface area (Å²) in [6.07, 6.45) is -7.59. The Morgan fingerprint density at radius 1 is 1.08 bits per heavy atom. The van der Waals surface area contributed by atoms with Gasteiger partial charge in [0.25, 0.3) is 5.91 Å². The minimum atomic E-state index is -1.69. The molecule has 0 saturated carbocycles. The molecule has 0 bridgehead atoms. The monoisotopic (exact) mass is 338 g/mol. The first kappa shape index (κ1) is 16.8. The largest absolute Gasteiger partial charge is 0.388 e. The van der Waals surface area contributed by atoms with Gasteiger partial charge < -0.3 is 35.4 Å². The van der Waals surface area contributed by atoms with Crippen LogP contribution in [0, 0.1) is 0 Å². The normalized spacial score (nSPS) is 33.7. The van der Waals surface area contributed by atoms with Crippen LogP contribution >= 0.6 is 0 Å². The van der Waals surface area contributed by atoms with Gasteiger partial charge in [-0.3, -0.25) is 9.59 Å². The molecule has 9 heteroatoms. The maximum atomic E-state index is 12.3. The number of hydrogen-bond donors (Lipinski definition) is 5. The highest BCUT2D eigenvalue weighted by atomic mass is 16.6. The van der Waals surface area contributed by atoms with Crippen LogP contribution < -0.4 is 10.2 Å². The van der Waals surface area contributed by atoms with Gasteiger partial charge in [0.2, 0.25) is 5.91 Å². The minimum absolute atomic E-state index is 0.202. The van der Waals surface area contributed by atoms with Gasteiger partial charge in [0.1, 0.15) is 24.4 Å². The third kappa shape index (κ3) is 2.87. The Balaban J connectivity index is 1.89. The molecule has 0 aliphatic carbocycles. The van der Waals surface area contributed by atoms with Crippen molar-refractivity contribution in [3.8, 4) is 0 Å². The van der Waals surface area contributed by atoms with E-state index < -0.39 is 42.5 Å². The number of anilines is 1. The summed E-state index contributed by atoms with van der Waals surface area (Å²) in [5.41, 5.74) is 0.623. The summed E-state index contributed by atoms with van der Waals surface area (Å²) in [5, 5.41) is 41.4. The van der Waals surface area contributed by atoms with Gasteiger partial charge in [-0.2, -0.15) is 0 Å². The van der Waals surface area contributed by atoms with Gasteiger partial charge in [0, 0.05) is 0 Å². The van der Waals surface area contributed by atoms with E-state index in [1.54, 1.807) is 24.3 Å². The average Bonchev–Trinajstić information content (AvgIpc) is 2.70. The number of nitrogens with zero attached hydrogens (tertiary/aromatic N) is 1. The van der Waals surface area contributed by atoms with E-state index in [0.29, 0.717) is 5.69 Å². The lowest BCUT2D eigenvalue weighted by Gasteiger charge is -2.40. The number of nitrogens with one attached hydrogen (secondary N) is 1. The summed E-state index contributed by atoms with van der Waals surface area (Å²) in [5.74, 6) is -0.832. The zero-order valence-corrected chi connectivity index (χ0v) is 12.6. The molecular weight excluding hydrogens is 320 g/mol. The second-order valence-electron chi connectivity index (χ2n) is 5.74. The van der Waals surface area contributed by atoms with Crippen LogP contribution in [-0.2, 0) is 9.53 Å². The number of hydrogen-bond acceptors (Lipinski definition) is 7. The van der Waals surface area contributed by atoms with Crippen LogP contribution in [0.15, 0.2) is 24.3 Å². The lowest BCUT2D eigenvalue weighted by molar-refractivity contribution is -0.279. The van der Waals surface area contributed by atoms with Crippen LogP contribution in [0.25, 0.3) is 0 Å². The van der Waals surface area contributed by atoms with Crippen LogP contribution in [-0.4, -0.2) is 76.0 Å². The van der Waals surface area contributed by atoms with Gasteiger partial charge in [0.15, 0.2) is 6.29 Å². The first-order valence-corrected chi connectivity index (χ1v) is 7.45. The molecule has 2 heterocycles. The van der Waals surface area contributed by atoms with Crippen molar-refractivity contribution in [2.45, 2.75) is 30.7 Å². The molecule has 24 heavy (non-hydrogen) atoms. The predicted octanol–water partition coefficient (Wildman–Crippen LogP) is -2.44. The Hall–Kier alpha value is -2.04. The molecule has 0 radical (unpaired) electrons. The molecule has 2 aliphatic heterocycles. The topological polar surface area (TPSA) is 140 Å².